The van der Waals surface area contributed by atoms with Gasteiger partial charge in [-0.1, -0.05) is 42.1 Å². The third-order valence-electron chi connectivity index (χ3n) is 4.58. The monoisotopic (exact) mass is 407 g/mol. The molecule has 0 amide bonds. The van der Waals surface area contributed by atoms with Crippen molar-refractivity contribution in [1.82, 2.24) is 14.8 Å². The van der Waals surface area contributed by atoms with Gasteiger partial charge >= 0.3 is 0 Å². The van der Waals surface area contributed by atoms with Crippen LogP contribution in [0.3, 0.4) is 0 Å². The average molecular weight is 407 g/mol. The largest absolute Gasteiger partial charge is 0.411 e. The first kappa shape index (κ1) is 19.1. The fraction of sp³-hybridized carbons (Fsp3) is 0.136. The van der Waals surface area contributed by atoms with Crippen molar-refractivity contribution in [3.63, 3.8) is 0 Å². The molecular weight excluding hydrogens is 389 g/mol. The molecule has 0 saturated carbocycles. The van der Waals surface area contributed by atoms with E-state index >= 15 is 0 Å². The van der Waals surface area contributed by atoms with Crippen LogP contribution in [-0.2, 0) is 0 Å². The molecule has 0 aliphatic heterocycles. The quantitative estimate of drug-likeness (QED) is 0.322. The van der Waals surface area contributed by atoms with Gasteiger partial charge in [-0.15, -0.1) is 10.2 Å². The van der Waals surface area contributed by atoms with Gasteiger partial charge in [0, 0.05) is 22.5 Å². The molecule has 2 aromatic carbocycles. The summed E-state index contributed by atoms with van der Waals surface area (Å²) in [5.41, 5.74) is 3.31. The van der Waals surface area contributed by atoms with Crippen molar-refractivity contribution in [2.45, 2.75) is 19.1 Å². The van der Waals surface area contributed by atoms with E-state index < -0.39 is 0 Å². The Kier molecular flexibility index (Phi) is 5.31. The van der Waals surface area contributed by atoms with Crippen LogP contribution >= 0.6 is 11.8 Å². The van der Waals surface area contributed by atoms with E-state index in [0.29, 0.717) is 28.1 Å². The van der Waals surface area contributed by atoms with Gasteiger partial charge in [-0.2, -0.15) is 0 Å². The molecule has 146 valence electrons. The normalized spacial score (nSPS) is 11.0. The Morgan fingerprint density at radius 1 is 1.07 bits per heavy atom. The number of rotatable bonds is 6. The van der Waals surface area contributed by atoms with Crippen LogP contribution in [0.5, 0.6) is 0 Å². The Morgan fingerprint density at radius 2 is 1.79 bits per heavy atom. The molecule has 4 aromatic rings. The smallest absolute Gasteiger partial charge is 0.277 e. The fourth-order valence-electron chi connectivity index (χ4n) is 3.22. The zero-order valence-electron chi connectivity index (χ0n) is 15.9. The first-order valence-corrected chi connectivity index (χ1v) is 10.0. The number of aromatic nitrogens is 3. The number of hydrogen-bond acceptors (Lipinski definition) is 5. The van der Waals surface area contributed by atoms with Crippen molar-refractivity contribution in [2.24, 2.45) is 0 Å². The number of nitrogens with zero attached hydrogens (tertiary/aromatic N) is 3. The lowest BCUT2D eigenvalue weighted by Gasteiger charge is -2.10. The van der Waals surface area contributed by atoms with Crippen molar-refractivity contribution in [1.29, 1.82) is 0 Å². The Hall–Kier alpha value is -3.19. The predicted octanol–water partition coefficient (Wildman–Crippen LogP) is 5.26. The molecule has 0 aliphatic rings. The molecule has 0 unspecified atom stereocenters. The number of Topliss-reactive ketones (excluding diaryl/α,β-unsaturated/α-hetero) is 1. The van der Waals surface area contributed by atoms with Gasteiger partial charge in [0.15, 0.2) is 5.78 Å². The van der Waals surface area contributed by atoms with Crippen molar-refractivity contribution in [3.8, 4) is 17.1 Å². The molecule has 0 spiro atoms. The van der Waals surface area contributed by atoms with Crippen LogP contribution in [-0.4, -0.2) is 26.3 Å². The summed E-state index contributed by atoms with van der Waals surface area (Å²) in [6.45, 7) is 3.67. The fourth-order valence-corrected chi connectivity index (χ4v) is 3.87. The van der Waals surface area contributed by atoms with E-state index in [1.165, 1.54) is 17.8 Å². The van der Waals surface area contributed by atoms with Crippen LogP contribution in [0.1, 0.15) is 21.7 Å². The van der Waals surface area contributed by atoms with Gasteiger partial charge in [-0.05, 0) is 44.2 Å². The highest BCUT2D eigenvalue weighted by Crippen LogP contribution is 2.26. The third kappa shape index (κ3) is 3.86. The van der Waals surface area contributed by atoms with Crippen molar-refractivity contribution in [2.75, 3.05) is 5.75 Å². The molecule has 2 aromatic heterocycles. The summed E-state index contributed by atoms with van der Waals surface area (Å²) in [6, 6.07) is 17.8. The van der Waals surface area contributed by atoms with Gasteiger partial charge in [0.2, 0.25) is 5.89 Å². The lowest BCUT2D eigenvalue weighted by molar-refractivity contribution is 0.102. The summed E-state index contributed by atoms with van der Waals surface area (Å²) in [5, 5.41) is 8.36. The maximum Gasteiger partial charge on any atom is 0.277 e. The number of aryl methyl sites for hydroxylation is 1. The second kappa shape index (κ2) is 8.05. The van der Waals surface area contributed by atoms with Crippen LogP contribution in [0.2, 0.25) is 0 Å². The highest BCUT2D eigenvalue weighted by molar-refractivity contribution is 7.99. The second-order valence-electron chi connectivity index (χ2n) is 6.52. The van der Waals surface area contributed by atoms with Gasteiger partial charge in [0.1, 0.15) is 5.82 Å². The van der Waals surface area contributed by atoms with Crippen LogP contribution in [0.25, 0.3) is 17.1 Å². The number of thioether (sulfide) groups is 1. The van der Waals surface area contributed by atoms with E-state index in [-0.39, 0.29) is 17.4 Å². The maximum atomic E-state index is 14.2. The number of carbonyl (C=O) groups is 1. The summed E-state index contributed by atoms with van der Waals surface area (Å²) in [5.74, 6) is 0.156. The number of carbonyl (C=O) groups excluding carboxylic acids is 1. The lowest BCUT2D eigenvalue weighted by atomic mass is 10.2. The molecule has 0 aliphatic carbocycles. The van der Waals surface area contributed by atoms with E-state index in [0.717, 1.165) is 11.3 Å². The number of ketones is 1. The number of halogens is 1. The number of para-hydroxylation sites is 1. The van der Waals surface area contributed by atoms with E-state index in [9.17, 15) is 9.18 Å². The van der Waals surface area contributed by atoms with E-state index in [1.54, 1.807) is 28.8 Å². The molecule has 29 heavy (non-hydrogen) atoms. The Bertz CT molecular complexity index is 1170. The molecule has 4 rings (SSSR count). The molecule has 0 atom stereocenters. The van der Waals surface area contributed by atoms with Crippen molar-refractivity contribution >= 4 is 17.5 Å². The number of benzene rings is 2. The zero-order valence-corrected chi connectivity index (χ0v) is 16.7. The molecule has 0 saturated heterocycles. The van der Waals surface area contributed by atoms with E-state index in [2.05, 4.69) is 10.2 Å². The van der Waals surface area contributed by atoms with Gasteiger partial charge in [-0.3, -0.25) is 4.79 Å². The summed E-state index contributed by atoms with van der Waals surface area (Å²) >= 11 is 1.19. The highest BCUT2D eigenvalue weighted by Gasteiger charge is 2.19. The maximum absolute atomic E-state index is 14.2. The predicted molar refractivity (Wildman–Crippen MR) is 110 cm³/mol. The Morgan fingerprint density at radius 3 is 2.55 bits per heavy atom. The standard InChI is InChI=1S/C22H18FN3O2S/c1-14-12-17(15(2)26(14)19-11-7-6-10-18(19)23)20(27)13-29-22-25-24-21(28-22)16-8-4-3-5-9-16/h3-12H,13H2,1-2H3. The third-order valence-corrected chi connectivity index (χ3v) is 5.40. The number of hydrogen-bond donors (Lipinski definition) is 0. The SMILES string of the molecule is Cc1cc(C(=O)CSc2nnc(-c3ccccc3)o2)c(C)n1-c1ccccc1F. The highest BCUT2D eigenvalue weighted by atomic mass is 32.2. The molecule has 0 N–H and O–H groups in total. The minimum absolute atomic E-state index is 0.0786. The van der Waals surface area contributed by atoms with Gasteiger partial charge in [0.05, 0.1) is 11.4 Å². The summed E-state index contributed by atoms with van der Waals surface area (Å²) in [4.78, 5) is 12.8. The summed E-state index contributed by atoms with van der Waals surface area (Å²) in [7, 11) is 0. The van der Waals surface area contributed by atoms with E-state index in [1.807, 2.05) is 44.2 Å². The van der Waals surface area contributed by atoms with Crippen LogP contribution in [0, 0.1) is 19.7 Å². The Labute approximate surface area is 171 Å². The molecule has 0 radical (unpaired) electrons. The second-order valence-corrected chi connectivity index (χ2v) is 7.45. The van der Waals surface area contributed by atoms with Crippen molar-refractivity contribution < 1.29 is 13.6 Å². The molecule has 2 heterocycles. The van der Waals surface area contributed by atoms with Crippen molar-refractivity contribution in [3.05, 3.63) is 83.4 Å². The van der Waals surface area contributed by atoms with E-state index in [4.69, 9.17) is 4.42 Å². The molecule has 5 nitrogen and oxygen atoms in total. The van der Waals surface area contributed by atoms with Gasteiger partial charge in [-0.25, -0.2) is 4.39 Å². The van der Waals surface area contributed by atoms with Gasteiger partial charge < -0.3 is 8.98 Å². The van der Waals surface area contributed by atoms with Gasteiger partial charge in [0.25, 0.3) is 5.22 Å². The molecule has 7 heteroatoms. The van der Waals surface area contributed by atoms with Crippen LogP contribution in [0.4, 0.5) is 4.39 Å². The first-order valence-electron chi connectivity index (χ1n) is 9.03. The topological polar surface area (TPSA) is 60.9 Å². The lowest BCUT2D eigenvalue weighted by Crippen LogP contribution is -2.06. The molecule has 0 fully saturated rings. The summed E-state index contributed by atoms with van der Waals surface area (Å²) in [6.07, 6.45) is 0. The zero-order chi connectivity index (χ0) is 20.4. The molecule has 0 bridgehead atoms. The molecular formula is C22H18FN3O2S. The minimum Gasteiger partial charge on any atom is -0.411 e. The Balaban J connectivity index is 1.51. The summed E-state index contributed by atoms with van der Waals surface area (Å²) < 4.78 is 21.6. The average Bonchev–Trinajstić information content (AvgIpc) is 3.32. The van der Waals surface area contributed by atoms with Crippen LogP contribution < -0.4 is 0 Å². The van der Waals surface area contributed by atoms with Crippen LogP contribution in [0.15, 0.2) is 70.3 Å². The first-order chi connectivity index (χ1) is 14.0. The minimum atomic E-state index is -0.332.